The first kappa shape index (κ1) is 16.3. The quantitative estimate of drug-likeness (QED) is 0.715. The Bertz CT molecular complexity index is 863. The van der Waals surface area contributed by atoms with Crippen LogP contribution in [0.3, 0.4) is 0 Å². The number of benzene rings is 2. The minimum absolute atomic E-state index is 0.0350. The van der Waals surface area contributed by atoms with E-state index in [2.05, 4.69) is 10.3 Å². The van der Waals surface area contributed by atoms with Crippen LogP contribution in [0.4, 0.5) is 4.39 Å². The number of H-pyrrole nitrogens is 1. The lowest BCUT2D eigenvalue weighted by Gasteiger charge is -2.08. The minimum atomic E-state index is -0.521. The lowest BCUT2D eigenvalue weighted by atomic mass is 10.1. The third kappa shape index (κ3) is 3.86. The van der Waals surface area contributed by atoms with E-state index >= 15 is 0 Å². The first-order valence-electron chi connectivity index (χ1n) is 7.53. The van der Waals surface area contributed by atoms with Gasteiger partial charge in [0.05, 0.1) is 5.02 Å². The molecule has 6 heteroatoms. The number of carbonyl (C=O) groups excluding carboxylic acids is 1. The lowest BCUT2D eigenvalue weighted by Crippen LogP contribution is -2.30. The molecule has 0 aliphatic heterocycles. The van der Waals surface area contributed by atoms with Crippen molar-refractivity contribution in [1.82, 2.24) is 10.3 Å². The van der Waals surface area contributed by atoms with Crippen molar-refractivity contribution in [3.8, 4) is 5.75 Å². The number of ether oxygens (including phenoxy) is 1. The molecule has 1 amide bonds. The second kappa shape index (κ2) is 7.36. The fourth-order valence-corrected chi connectivity index (χ4v) is 2.61. The first-order chi connectivity index (χ1) is 11.6. The highest BCUT2D eigenvalue weighted by molar-refractivity contribution is 6.30. The van der Waals surface area contributed by atoms with Crippen molar-refractivity contribution in [2.24, 2.45) is 0 Å². The molecule has 0 unspecified atom stereocenters. The zero-order valence-corrected chi connectivity index (χ0v) is 13.6. The summed E-state index contributed by atoms with van der Waals surface area (Å²) in [6, 6.07) is 12.0. The summed E-state index contributed by atoms with van der Waals surface area (Å²) < 4.78 is 18.3. The topological polar surface area (TPSA) is 54.1 Å². The molecular weight excluding hydrogens is 331 g/mol. The molecule has 24 heavy (non-hydrogen) atoms. The number of hydrogen-bond donors (Lipinski definition) is 2. The van der Waals surface area contributed by atoms with Crippen LogP contribution in [0.2, 0.25) is 5.02 Å². The van der Waals surface area contributed by atoms with Crippen LogP contribution in [0.1, 0.15) is 5.56 Å². The largest absolute Gasteiger partial charge is 0.484 e. The summed E-state index contributed by atoms with van der Waals surface area (Å²) in [6.07, 6.45) is 2.67. The molecule has 0 bridgehead atoms. The van der Waals surface area contributed by atoms with Gasteiger partial charge in [-0.15, -0.1) is 0 Å². The maximum Gasteiger partial charge on any atom is 0.257 e. The van der Waals surface area contributed by atoms with Crippen molar-refractivity contribution >= 4 is 28.4 Å². The van der Waals surface area contributed by atoms with Gasteiger partial charge in [-0.2, -0.15) is 0 Å². The number of aromatic nitrogens is 1. The van der Waals surface area contributed by atoms with Gasteiger partial charge < -0.3 is 15.0 Å². The highest BCUT2D eigenvalue weighted by Crippen LogP contribution is 2.21. The molecule has 0 spiro atoms. The molecule has 3 rings (SSSR count). The van der Waals surface area contributed by atoms with Crippen LogP contribution in [0, 0.1) is 5.82 Å². The van der Waals surface area contributed by atoms with Gasteiger partial charge in [0.1, 0.15) is 11.6 Å². The lowest BCUT2D eigenvalue weighted by molar-refractivity contribution is -0.123. The summed E-state index contributed by atoms with van der Waals surface area (Å²) in [6.45, 7) is 0.365. The van der Waals surface area contributed by atoms with Gasteiger partial charge in [-0.25, -0.2) is 4.39 Å². The molecule has 0 saturated heterocycles. The van der Waals surface area contributed by atoms with Crippen LogP contribution >= 0.6 is 11.6 Å². The normalized spacial score (nSPS) is 10.8. The summed E-state index contributed by atoms with van der Waals surface area (Å²) in [7, 11) is 0. The molecule has 2 aromatic carbocycles. The third-order valence-electron chi connectivity index (χ3n) is 3.65. The smallest absolute Gasteiger partial charge is 0.257 e. The average Bonchev–Trinajstić information content (AvgIpc) is 2.99. The Labute approximate surface area is 143 Å². The average molecular weight is 347 g/mol. The SMILES string of the molecule is O=C(COc1ccc(F)c(Cl)c1)NCCc1c[nH]c2ccccc12. The standard InChI is InChI=1S/C18H16ClFN2O2/c19-15-9-13(5-6-16(15)20)24-11-18(23)21-8-7-12-10-22-17-4-2-1-3-14(12)17/h1-6,9-10,22H,7-8,11H2,(H,21,23). The van der Waals surface area contributed by atoms with Crippen molar-refractivity contribution < 1.29 is 13.9 Å². The van der Waals surface area contributed by atoms with E-state index in [1.165, 1.54) is 18.2 Å². The van der Waals surface area contributed by atoms with Crippen LogP contribution in [-0.2, 0) is 11.2 Å². The van der Waals surface area contributed by atoms with Crippen molar-refractivity contribution in [3.05, 3.63) is 65.1 Å². The number of rotatable bonds is 6. The summed E-state index contributed by atoms with van der Waals surface area (Å²) in [4.78, 5) is 15.0. The second-order valence-electron chi connectivity index (χ2n) is 5.32. The monoisotopic (exact) mass is 346 g/mol. The van der Waals surface area contributed by atoms with E-state index in [-0.39, 0.29) is 17.5 Å². The van der Waals surface area contributed by atoms with Crippen molar-refractivity contribution in [3.63, 3.8) is 0 Å². The number of carbonyl (C=O) groups is 1. The molecular formula is C18H16ClFN2O2. The van der Waals surface area contributed by atoms with Crippen molar-refractivity contribution in [1.29, 1.82) is 0 Å². The molecule has 0 aliphatic carbocycles. The number of para-hydroxylation sites is 1. The van der Waals surface area contributed by atoms with Crippen LogP contribution in [0.25, 0.3) is 10.9 Å². The molecule has 2 N–H and O–H groups in total. The van der Waals surface area contributed by atoms with Crippen molar-refractivity contribution in [2.45, 2.75) is 6.42 Å². The van der Waals surface area contributed by atoms with Gasteiger partial charge in [0, 0.05) is 29.7 Å². The van der Waals surface area contributed by atoms with Crippen LogP contribution in [0.5, 0.6) is 5.75 Å². The van der Waals surface area contributed by atoms with E-state index < -0.39 is 5.82 Å². The number of halogens is 2. The first-order valence-corrected chi connectivity index (χ1v) is 7.91. The summed E-state index contributed by atoms with van der Waals surface area (Å²) in [5, 5.41) is 3.92. The fourth-order valence-electron chi connectivity index (χ4n) is 2.44. The zero-order valence-electron chi connectivity index (χ0n) is 12.8. The Morgan fingerprint density at radius 3 is 2.92 bits per heavy atom. The fraction of sp³-hybridized carbons (Fsp3) is 0.167. The molecule has 4 nitrogen and oxygen atoms in total. The molecule has 0 aliphatic rings. The van der Waals surface area contributed by atoms with Crippen LogP contribution in [-0.4, -0.2) is 24.0 Å². The van der Waals surface area contributed by atoms with Crippen LogP contribution in [0.15, 0.2) is 48.7 Å². The van der Waals surface area contributed by atoms with E-state index in [0.29, 0.717) is 12.3 Å². The van der Waals surface area contributed by atoms with Gasteiger partial charge in [0.25, 0.3) is 5.91 Å². The van der Waals surface area contributed by atoms with Gasteiger partial charge in [-0.1, -0.05) is 29.8 Å². The Hall–Kier alpha value is -2.53. The maximum atomic E-state index is 13.0. The third-order valence-corrected chi connectivity index (χ3v) is 3.94. The van der Waals surface area contributed by atoms with Crippen molar-refractivity contribution in [2.75, 3.05) is 13.2 Å². The zero-order chi connectivity index (χ0) is 16.9. The Morgan fingerprint density at radius 2 is 2.08 bits per heavy atom. The van der Waals surface area contributed by atoms with E-state index in [0.717, 1.165) is 22.9 Å². The Balaban J connectivity index is 1.46. The molecule has 0 atom stereocenters. The van der Waals surface area contributed by atoms with E-state index in [1.54, 1.807) is 0 Å². The van der Waals surface area contributed by atoms with Gasteiger partial charge in [0.15, 0.2) is 6.61 Å². The molecule has 124 valence electrons. The minimum Gasteiger partial charge on any atom is -0.484 e. The van der Waals surface area contributed by atoms with Crippen LogP contribution < -0.4 is 10.1 Å². The van der Waals surface area contributed by atoms with Gasteiger partial charge >= 0.3 is 0 Å². The maximum absolute atomic E-state index is 13.0. The summed E-state index contributed by atoms with van der Waals surface area (Å²) in [5.41, 5.74) is 2.23. The predicted molar refractivity (Wildman–Crippen MR) is 91.9 cm³/mol. The Kier molecular flexibility index (Phi) is 5.01. The van der Waals surface area contributed by atoms with E-state index in [1.807, 2.05) is 30.5 Å². The predicted octanol–water partition coefficient (Wildman–Crippen LogP) is 3.70. The number of aromatic amines is 1. The van der Waals surface area contributed by atoms with E-state index in [9.17, 15) is 9.18 Å². The van der Waals surface area contributed by atoms with Gasteiger partial charge in [-0.3, -0.25) is 4.79 Å². The second-order valence-corrected chi connectivity index (χ2v) is 5.73. The summed E-state index contributed by atoms with van der Waals surface area (Å²) >= 11 is 5.66. The molecule has 1 heterocycles. The van der Waals surface area contributed by atoms with Gasteiger partial charge in [-0.05, 0) is 30.2 Å². The molecule has 1 aromatic heterocycles. The van der Waals surface area contributed by atoms with E-state index in [4.69, 9.17) is 16.3 Å². The molecule has 0 fully saturated rings. The number of hydrogen-bond acceptors (Lipinski definition) is 2. The number of fused-ring (bicyclic) bond motifs is 1. The van der Waals surface area contributed by atoms with Gasteiger partial charge in [0.2, 0.25) is 0 Å². The summed E-state index contributed by atoms with van der Waals surface area (Å²) in [5.74, 6) is -0.407. The number of nitrogens with one attached hydrogen (secondary N) is 2. The Morgan fingerprint density at radius 1 is 1.25 bits per heavy atom. The molecule has 0 radical (unpaired) electrons. The molecule has 3 aromatic rings. The highest BCUT2D eigenvalue weighted by Gasteiger charge is 2.07. The number of amides is 1. The highest BCUT2D eigenvalue weighted by atomic mass is 35.5. The molecule has 0 saturated carbocycles.